The highest BCUT2D eigenvalue weighted by atomic mass is 16.3. The first-order valence-corrected chi connectivity index (χ1v) is 3.62. The molecule has 0 radical (unpaired) electrons. The minimum absolute atomic E-state index is 0.0386. The Morgan fingerprint density at radius 2 is 1.62 bits per heavy atom. The molecule has 1 aromatic rings. The monoisotopic (exact) mass is 178 g/mol. The first-order chi connectivity index (χ1) is 6.18. The number of benzene rings is 1. The minimum Gasteiger partial charge on any atom is -0.508 e. The summed E-state index contributed by atoms with van der Waals surface area (Å²) in [6, 6.07) is 4.00. The highest BCUT2D eigenvalue weighted by molar-refractivity contribution is 5.56. The Kier molecular flexibility index (Phi) is 1.45. The number of hydrogen-bond donors (Lipinski definition) is 1. The van der Waals surface area contributed by atoms with Crippen LogP contribution >= 0.6 is 0 Å². The van der Waals surface area contributed by atoms with Gasteiger partial charge >= 0.3 is 11.4 Å². The zero-order valence-electron chi connectivity index (χ0n) is 6.54. The number of aromatic hydroxyl groups is 1. The van der Waals surface area contributed by atoms with Crippen LogP contribution in [0.2, 0.25) is 0 Å². The second-order valence-electron chi connectivity index (χ2n) is 2.62. The smallest absolute Gasteiger partial charge is 0.342 e. The van der Waals surface area contributed by atoms with Crippen molar-refractivity contribution >= 4 is 11.4 Å². The lowest BCUT2D eigenvalue weighted by molar-refractivity contribution is -0.460. The molecule has 5 heteroatoms. The second kappa shape index (κ2) is 2.48. The molecule has 0 aromatic heterocycles. The van der Waals surface area contributed by atoms with E-state index in [9.17, 15) is 9.81 Å². The molecule has 1 aromatic carbocycles. The van der Waals surface area contributed by atoms with Crippen LogP contribution in [0.15, 0.2) is 30.6 Å². The van der Waals surface area contributed by atoms with Crippen molar-refractivity contribution in [2.24, 2.45) is 0 Å². The molecule has 2 rings (SSSR count). The van der Waals surface area contributed by atoms with Crippen LogP contribution < -0.4 is 0 Å². The second-order valence-corrected chi connectivity index (χ2v) is 2.62. The van der Waals surface area contributed by atoms with E-state index in [2.05, 4.69) is 0 Å². The van der Waals surface area contributed by atoms with Crippen LogP contribution in [0.5, 0.6) is 5.75 Å². The third-order valence-corrected chi connectivity index (χ3v) is 1.77. The zero-order valence-corrected chi connectivity index (χ0v) is 6.54. The highest BCUT2D eigenvalue weighted by Crippen LogP contribution is 2.33. The molecule has 1 aliphatic heterocycles. The summed E-state index contributed by atoms with van der Waals surface area (Å²) in [5.41, 5.74) is 0.382. The van der Waals surface area contributed by atoms with Crippen molar-refractivity contribution in [3.63, 3.8) is 0 Å². The van der Waals surface area contributed by atoms with Gasteiger partial charge in [-0.2, -0.15) is 0 Å². The first kappa shape index (κ1) is 7.60. The number of rotatable bonds is 0. The standard InChI is InChI=1S/C8H5N2O3/c11-6-1-2-7-8(5-6)10(13)4-3-9(7)12/h1-5H/q+1/p+1. The highest BCUT2D eigenvalue weighted by Gasteiger charge is 2.33. The number of fused-ring (bicyclic) bond motifs is 1. The van der Waals surface area contributed by atoms with Crippen molar-refractivity contribution < 1.29 is 14.6 Å². The Labute approximate surface area is 73.1 Å². The van der Waals surface area contributed by atoms with E-state index < -0.39 is 0 Å². The van der Waals surface area contributed by atoms with Gasteiger partial charge in [0.25, 0.3) is 12.4 Å². The van der Waals surface area contributed by atoms with E-state index in [1.54, 1.807) is 0 Å². The zero-order chi connectivity index (χ0) is 9.42. The summed E-state index contributed by atoms with van der Waals surface area (Å²) >= 11 is 0. The van der Waals surface area contributed by atoms with Crippen LogP contribution in [0, 0.1) is 9.81 Å². The SMILES string of the molecule is O=[N+]1C=C[N+](=O)c2cc(O)ccc21. The van der Waals surface area contributed by atoms with E-state index in [1.807, 2.05) is 0 Å². The van der Waals surface area contributed by atoms with Crippen LogP contribution in [0.4, 0.5) is 11.4 Å². The summed E-state index contributed by atoms with van der Waals surface area (Å²) in [7, 11) is 0. The predicted molar refractivity (Wildman–Crippen MR) is 43.8 cm³/mol. The molecule has 0 bridgehead atoms. The summed E-state index contributed by atoms with van der Waals surface area (Å²) in [6.45, 7) is 0. The third kappa shape index (κ3) is 1.10. The van der Waals surface area contributed by atoms with Gasteiger partial charge in [-0.25, -0.2) is 0 Å². The van der Waals surface area contributed by atoms with Gasteiger partial charge in [0.2, 0.25) is 0 Å². The van der Waals surface area contributed by atoms with Gasteiger partial charge < -0.3 is 5.11 Å². The fourth-order valence-electron chi connectivity index (χ4n) is 1.16. The van der Waals surface area contributed by atoms with Crippen molar-refractivity contribution in [1.29, 1.82) is 0 Å². The molecule has 0 saturated heterocycles. The van der Waals surface area contributed by atoms with Crippen LogP contribution in [0.25, 0.3) is 0 Å². The Bertz CT molecular complexity index is 437. The van der Waals surface area contributed by atoms with Crippen molar-refractivity contribution in [3.8, 4) is 5.75 Å². The molecule has 1 N–H and O–H groups in total. The van der Waals surface area contributed by atoms with Crippen molar-refractivity contribution in [2.75, 3.05) is 0 Å². The molecular weight excluding hydrogens is 172 g/mol. The summed E-state index contributed by atoms with van der Waals surface area (Å²) in [4.78, 5) is 22.3. The lowest BCUT2D eigenvalue weighted by atomic mass is 10.2. The van der Waals surface area contributed by atoms with Gasteiger partial charge in [0.15, 0.2) is 0 Å². The Balaban J connectivity index is 2.69. The number of phenols is 1. The normalized spacial score (nSPS) is 14.5. The van der Waals surface area contributed by atoms with Gasteiger partial charge in [0, 0.05) is 15.9 Å². The van der Waals surface area contributed by atoms with Crippen molar-refractivity contribution in [1.82, 2.24) is 0 Å². The average Bonchev–Trinajstić information content (AvgIpc) is 2.12. The lowest BCUT2D eigenvalue weighted by Crippen LogP contribution is -2.03. The topological polar surface area (TPSA) is 60.4 Å². The molecule has 13 heavy (non-hydrogen) atoms. The van der Waals surface area contributed by atoms with Crippen LogP contribution in [-0.2, 0) is 0 Å². The van der Waals surface area contributed by atoms with Crippen LogP contribution in [0.3, 0.4) is 0 Å². The molecular formula is C8H6N2O3+2. The molecule has 0 atom stereocenters. The van der Waals surface area contributed by atoms with Gasteiger partial charge in [-0.15, -0.1) is 0 Å². The molecule has 0 saturated carbocycles. The summed E-state index contributed by atoms with van der Waals surface area (Å²) in [5.74, 6) is -0.0386. The van der Waals surface area contributed by atoms with E-state index in [4.69, 9.17) is 5.11 Å². The Morgan fingerprint density at radius 1 is 1.00 bits per heavy atom. The molecule has 0 fully saturated rings. The number of nitrogens with zero attached hydrogens (tertiary/aromatic N) is 2. The molecule has 0 unspecified atom stereocenters. The predicted octanol–water partition coefficient (Wildman–Crippen LogP) is 1.70. The van der Waals surface area contributed by atoms with Crippen LogP contribution in [0.1, 0.15) is 0 Å². The quantitative estimate of drug-likeness (QED) is 0.615. The lowest BCUT2D eigenvalue weighted by Gasteiger charge is -1.94. The minimum atomic E-state index is -0.0386. The van der Waals surface area contributed by atoms with Gasteiger partial charge in [0.1, 0.15) is 5.75 Å². The van der Waals surface area contributed by atoms with E-state index in [0.29, 0.717) is 9.52 Å². The number of phenolic OH excluding ortho intramolecular Hbond substituents is 1. The van der Waals surface area contributed by atoms with E-state index in [-0.39, 0.29) is 17.1 Å². The fraction of sp³-hybridized carbons (Fsp3) is 0. The third-order valence-electron chi connectivity index (χ3n) is 1.77. The molecule has 0 spiro atoms. The molecule has 0 amide bonds. The van der Waals surface area contributed by atoms with Gasteiger partial charge in [-0.05, 0) is 6.07 Å². The molecule has 1 aliphatic rings. The molecule has 1 heterocycles. The summed E-state index contributed by atoms with van der Waals surface area (Å²) in [6.07, 6.45) is 2.21. The van der Waals surface area contributed by atoms with E-state index in [0.717, 1.165) is 12.4 Å². The maximum Gasteiger partial charge on any atom is 0.342 e. The Morgan fingerprint density at radius 3 is 2.31 bits per heavy atom. The van der Waals surface area contributed by atoms with Gasteiger partial charge in [-0.3, -0.25) is 0 Å². The fourth-order valence-corrected chi connectivity index (χ4v) is 1.16. The van der Waals surface area contributed by atoms with E-state index >= 15 is 0 Å². The maximum atomic E-state index is 11.1. The molecule has 64 valence electrons. The van der Waals surface area contributed by atoms with Gasteiger partial charge in [0.05, 0.1) is 15.6 Å². The first-order valence-electron chi connectivity index (χ1n) is 3.62. The van der Waals surface area contributed by atoms with Crippen molar-refractivity contribution in [3.05, 3.63) is 40.4 Å². The number of hydrogen-bond acceptors (Lipinski definition) is 3. The van der Waals surface area contributed by atoms with Crippen molar-refractivity contribution in [2.45, 2.75) is 0 Å². The largest absolute Gasteiger partial charge is 0.508 e. The summed E-state index contributed by atoms with van der Waals surface area (Å²) in [5, 5.41) is 9.08. The number of nitroso groups, excluding NO2 is 2. The van der Waals surface area contributed by atoms with Crippen LogP contribution in [-0.4, -0.2) is 14.6 Å². The summed E-state index contributed by atoms with van der Waals surface area (Å²) < 4.78 is 1.10. The maximum absolute atomic E-state index is 11.1. The Hall–Kier alpha value is -2.04. The molecule has 5 nitrogen and oxygen atoms in total. The average molecular weight is 178 g/mol. The van der Waals surface area contributed by atoms with E-state index in [1.165, 1.54) is 18.2 Å². The van der Waals surface area contributed by atoms with Gasteiger partial charge in [-0.1, -0.05) is 0 Å². The molecule has 0 aliphatic carbocycles.